The van der Waals surface area contributed by atoms with Crippen LogP contribution in [0.25, 0.3) is 0 Å². The molecule has 1 amide bonds. The molecule has 1 aromatic carbocycles. The smallest absolute Gasteiger partial charge is 0.416 e. The molecule has 138 valence electrons. The Morgan fingerprint density at radius 3 is 2.85 bits per heavy atom. The van der Waals surface area contributed by atoms with E-state index in [-0.39, 0.29) is 23.8 Å². The van der Waals surface area contributed by atoms with Crippen LogP contribution in [0, 0.1) is 0 Å². The number of hydrogen-bond acceptors (Lipinski definition) is 5. The molecular weight excluding hydrogens is 393 g/mol. The van der Waals surface area contributed by atoms with E-state index in [0.717, 1.165) is 23.5 Å². The van der Waals surface area contributed by atoms with Gasteiger partial charge in [-0.2, -0.15) is 13.2 Å². The van der Waals surface area contributed by atoms with Crippen molar-refractivity contribution in [3.05, 3.63) is 57.4 Å². The van der Waals surface area contributed by atoms with E-state index in [4.69, 9.17) is 21.1 Å². The van der Waals surface area contributed by atoms with Crippen molar-refractivity contribution >= 4 is 34.0 Å². The van der Waals surface area contributed by atoms with Gasteiger partial charge in [-0.05, 0) is 23.8 Å². The first kappa shape index (κ1) is 18.5. The van der Waals surface area contributed by atoms with Crippen molar-refractivity contribution in [3.8, 4) is 0 Å². The monoisotopic (exact) mass is 404 g/mol. The van der Waals surface area contributed by atoms with Crippen LogP contribution < -0.4 is 5.32 Å². The van der Waals surface area contributed by atoms with Crippen LogP contribution >= 0.6 is 22.9 Å². The van der Waals surface area contributed by atoms with Crippen molar-refractivity contribution in [2.75, 3.05) is 18.5 Å². The van der Waals surface area contributed by atoms with E-state index in [9.17, 15) is 18.0 Å². The molecule has 0 fully saturated rings. The summed E-state index contributed by atoms with van der Waals surface area (Å²) in [5.74, 6) is -0.475. The average Bonchev–Trinajstić information content (AvgIpc) is 3.03. The number of carbonyl (C=O) groups excluding carboxylic acids is 1. The molecule has 2 heterocycles. The van der Waals surface area contributed by atoms with Gasteiger partial charge in [-0.15, -0.1) is 11.3 Å². The Kier molecular flexibility index (Phi) is 5.38. The summed E-state index contributed by atoms with van der Waals surface area (Å²) in [5, 5.41) is 3.08. The van der Waals surface area contributed by atoms with E-state index in [2.05, 4.69) is 10.3 Å². The molecule has 0 aliphatic carbocycles. The van der Waals surface area contributed by atoms with Crippen LogP contribution in [0.2, 0.25) is 5.02 Å². The topological polar surface area (TPSA) is 60.5 Å². The van der Waals surface area contributed by atoms with Gasteiger partial charge in [-0.3, -0.25) is 10.1 Å². The van der Waals surface area contributed by atoms with Crippen molar-refractivity contribution in [2.24, 2.45) is 0 Å². The molecule has 1 aliphatic heterocycles. The van der Waals surface area contributed by atoms with E-state index in [1.54, 1.807) is 0 Å². The lowest BCUT2D eigenvalue weighted by Crippen LogP contribution is -2.20. The summed E-state index contributed by atoms with van der Waals surface area (Å²) in [6.45, 7) is 0.645. The molecule has 1 aromatic heterocycles. The van der Waals surface area contributed by atoms with Crippen molar-refractivity contribution < 1.29 is 27.4 Å². The number of amides is 1. The molecule has 10 heteroatoms. The van der Waals surface area contributed by atoms with Gasteiger partial charge in [0.1, 0.15) is 19.5 Å². The molecular formula is C16H12ClF3N2O3S. The fourth-order valence-electron chi connectivity index (χ4n) is 2.17. The number of nitrogens with zero attached hydrogens (tertiary/aromatic N) is 1. The standard InChI is InChI=1S/C16H12ClF3N2O3S/c17-12-2-1-10(16(18,19)20)5-9(12)6-11-7-21-15(26-11)22-14(23)13-8-24-3-4-25-13/h1-2,5,7-8H,3-4,6H2,(H,21,22,23). The third-order valence-corrected chi connectivity index (χ3v) is 4.67. The molecule has 3 rings (SSSR count). The first-order chi connectivity index (χ1) is 12.3. The average molecular weight is 405 g/mol. The highest BCUT2D eigenvalue weighted by Gasteiger charge is 2.31. The van der Waals surface area contributed by atoms with Gasteiger partial charge >= 0.3 is 6.18 Å². The molecule has 0 spiro atoms. The fraction of sp³-hybridized carbons (Fsp3) is 0.250. The molecule has 0 unspecified atom stereocenters. The fourth-order valence-corrected chi connectivity index (χ4v) is 3.18. The van der Waals surface area contributed by atoms with Gasteiger partial charge in [-0.1, -0.05) is 11.6 Å². The highest BCUT2D eigenvalue weighted by molar-refractivity contribution is 7.15. The number of benzene rings is 1. The number of hydrogen-bond donors (Lipinski definition) is 1. The van der Waals surface area contributed by atoms with E-state index >= 15 is 0 Å². The number of halogens is 4. The van der Waals surface area contributed by atoms with Crippen LogP contribution in [-0.2, 0) is 26.9 Å². The molecule has 1 N–H and O–H groups in total. The Morgan fingerprint density at radius 1 is 1.35 bits per heavy atom. The Bertz CT molecular complexity index is 852. The third-order valence-electron chi connectivity index (χ3n) is 3.38. The van der Waals surface area contributed by atoms with Crippen LogP contribution in [0.5, 0.6) is 0 Å². The molecule has 1 aliphatic rings. The zero-order valence-electron chi connectivity index (χ0n) is 13.1. The summed E-state index contributed by atoms with van der Waals surface area (Å²) < 4.78 is 48.7. The van der Waals surface area contributed by atoms with Gasteiger partial charge in [-0.25, -0.2) is 4.98 Å². The number of aromatic nitrogens is 1. The van der Waals surface area contributed by atoms with Gasteiger partial charge < -0.3 is 9.47 Å². The lowest BCUT2D eigenvalue weighted by atomic mass is 10.1. The quantitative estimate of drug-likeness (QED) is 0.828. The molecule has 0 bridgehead atoms. The largest absolute Gasteiger partial charge is 0.494 e. The number of carbonyl (C=O) groups is 1. The van der Waals surface area contributed by atoms with Crippen molar-refractivity contribution in [2.45, 2.75) is 12.6 Å². The van der Waals surface area contributed by atoms with E-state index in [1.165, 1.54) is 18.5 Å². The highest BCUT2D eigenvalue weighted by Crippen LogP contribution is 2.33. The zero-order valence-corrected chi connectivity index (χ0v) is 14.7. The highest BCUT2D eigenvalue weighted by atomic mass is 35.5. The summed E-state index contributed by atoms with van der Waals surface area (Å²) in [7, 11) is 0. The minimum atomic E-state index is -4.44. The first-order valence-electron chi connectivity index (χ1n) is 7.39. The molecule has 5 nitrogen and oxygen atoms in total. The van der Waals surface area contributed by atoms with Crippen molar-refractivity contribution in [1.82, 2.24) is 4.98 Å². The summed E-state index contributed by atoms with van der Waals surface area (Å²) in [6, 6.07) is 3.17. The van der Waals surface area contributed by atoms with Crippen LogP contribution in [0.4, 0.5) is 18.3 Å². The van der Waals surface area contributed by atoms with E-state index < -0.39 is 17.6 Å². The van der Waals surface area contributed by atoms with Crippen molar-refractivity contribution in [1.29, 1.82) is 0 Å². The van der Waals surface area contributed by atoms with E-state index in [0.29, 0.717) is 22.2 Å². The summed E-state index contributed by atoms with van der Waals surface area (Å²) in [4.78, 5) is 16.7. The molecule has 0 radical (unpaired) electrons. The van der Waals surface area contributed by atoms with Gasteiger partial charge in [0.2, 0.25) is 5.76 Å². The maximum atomic E-state index is 12.8. The Balaban J connectivity index is 1.71. The van der Waals surface area contributed by atoms with Crippen LogP contribution in [0.3, 0.4) is 0 Å². The number of alkyl halides is 3. The SMILES string of the molecule is O=C(Nc1ncc(Cc2cc(C(F)(F)F)ccc2Cl)s1)C1=COCCO1. The second-order valence-corrected chi connectivity index (χ2v) is 6.79. The molecule has 26 heavy (non-hydrogen) atoms. The lowest BCUT2D eigenvalue weighted by Gasteiger charge is -2.14. The second-order valence-electron chi connectivity index (χ2n) is 5.27. The Labute approximate surface area is 155 Å². The van der Waals surface area contributed by atoms with Gasteiger partial charge in [0.25, 0.3) is 5.91 Å². The van der Waals surface area contributed by atoms with E-state index in [1.807, 2.05) is 0 Å². The predicted molar refractivity (Wildman–Crippen MR) is 90.0 cm³/mol. The Hall–Kier alpha value is -2.26. The minimum absolute atomic E-state index is 0.0360. The molecule has 0 atom stereocenters. The molecule has 0 saturated carbocycles. The predicted octanol–water partition coefficient (Wildman–Crippen LogP) is 4.23. The summed E-state index contributed by atoms with van der Waals surface area (Å²) in [5.41, 5.74) is -0.439. The minimum Gasteiger partial charge on any atom is -0.494 e. The van der Waals surface area contributed by atoms with Gasteiger partial charge in [0, 0.05) is 22.5 Å². The summed E-state index contributed by atoms with van der Waals surface area (Å²) >= 11 is 7.13. The number of nitrogens with one attached hydrogen (secondary N) is 1. The number of anilines is 1. The normalized spacial score (nSPS) is 14.2. The van der Waals surface area contributed by atoms with Crippen LogP contribution in [0.15, 0.2) is 36.4 Å². The lowest BCUT2D eigenvalue weighted by molar-refractivity contribution is -0.137. The van der Waals surface area contributed by atoms with Gasteiger partial charge in [0.05, 0.1) is 5.56 Å². The first-order valence-corrected chi connectivity index (χ1v) is 8.58. The molecule has 0 saturated heterocycles. The summed E-state index contributed by atoms with van der Waals surface area (Å²) in [6.07, 6.45) is -1.58. The Morgan fingerprint density at radius 2 is 2.15 bits per heavy atom. The number of rotatable bonds is 4. The van der Waals surface area contributed by atoms with Crippen LogP contribution in [0.1, 0.15) is 16.0 Å². The maximum absolute atomic E-state index is 12.8. The third kappa shape index (κ3) is 4.47. The van der Waals surface area contributed by atoms with Crippen LogP contribution in [-0.4, -0.2) is 24.1 Å². The number of thiazole rings is 1. The van der Waals surface area contributed by atoms with Gasteiger partial charge in [0.15, 0.2) is 5.13 Å². The van der Waals surface area contributed by atoms with Crippen molar-refractivity contribution in [3.63, 3.8) is 0 Å². The zero-order chi connectivity index (χ0) is 18.7. The maximum Gasteiger partial charge on any atom is 0.416 e. The second kappa shape index (κ2) is 7.55. The number of ether oxygens (including phenoxy) is 2. The molecule has 2 aromatic rings.